The maximum atomic E-state index is 11.2. The summed E-state index contributed by atoms with van der Waals surface area (Å²) in [5.74, 6) is 0.523. The van der Waals surface area contributed by atoms with Gasteiger partial charge in [-0.3, -0.25) is 0 Å². The first-order chi connectivity index (χ1) is 7.70. The molecule has 0 fully saturated rings. The van der Waals surface area contributed by atoms with E-state index in [4.69, 9.17) is 0 Å². The molecule has 0 spiro atoms. The minimum atomic E-state index is -0.321. The Labute approximate surface area is 98.2 Å². The SMILES string of the molecule is C=C1N=C(c2ccc(C(=O)OC)cc2)CS1. The van der Waals surface area contributed by atoms with Gasteiger partial charge in [0, 0.05) is 5.75 Å². The van der Waals surface area contributed by atoms with E-state index < -0.39 is 0 Å². The van der Waals surface area contributed by atoms with Gasteiger partial charge in [0.15, 0.2) is 0 Å². The molecule has 1 aliphatic rings. The lowest BCUT2D eigenvalue weighted by molar-refractivity contribution is 0.0601. The van der Waals surface area contributed by atoms with Crippen molar-refractivity contribution in [3.8, 4) is 0 Å². The molecule has 0 aromatic heterocycles. The number of carbonyl (C=O) groups excluding carboxylic acids is 1. The predicted molar refractivity (Wildman–Crippen MR) is 65.9 cm³/mol. The van der Waals surface area contributed by atoms with E-state index >= 15 is 0 Å². The van der Waals surface area contributed by atoms with E-state index in [0.29, 0.717) is 5.56 Å². The lowest BCUT2D eigenvalue weighted by Crippen LogP contribution is -2.03. The van der Waals surface area contributed by atoms with Gasteiger partial charge in [0.1, 0.15) is 0 Å². The highest BCUT2D eigenvalue weighted by Crippen LogP contribution is 2.25. The molecule has 16 heavy (non-hydrogen) atoms. The molecule has 0 saturated carbocycles. The molecular weight excluding hydrogens is 222 g/mol. The Morgan fingerprint density at radius 3 is 2.62 bits per heavy atom. The summed E-state index contributed by atoms with van der Waals surface area (Å²) < 4.78 is 4.63. The first-order valence-electron chi connectivity index (χ1n) is 4.78. The molecule has 0 amide bonds. The van der Waals surface area contributed by atoms with Gasteiger partial charge in [-0.25, -0.2) is 9.79 Å². The summed E-state index contributed by atoms with van der Waals surface area (Å²) in [5.41, 5.74) is 2.58. The van der Waals surface area contributed by atoms with Crippen molar-refractivity contribution < 1.29 is 9.53 Å². The largest absolute Gasteiger partial charge is 0.465 e. The van der Waals surface area contributed by atoms with Crippen molar-refractivity contribution in [2.24, 2.45) is 4.99 Å². The fraction of sp³-hybridized carbons (Fsp3) is 0.167. The van der Waals surface area contributed by atoms with Crippen molar-refractivity contribution in [3.63, 3.8) is 0 Å². The molecule has 1 aromatic rings. The van der Waals surface area contributed by atoms with Gasteiger partial charge in [-0.1, -0.05) is 18.7 Å². The molecule has 0 N–H and O–H groups in total. The Kier molecular flexibility index (Phi) is 3.10. The van der Waals surface area contributed by atoms with Gasteiger partial charge in [0.2, 0.25) is 0 Å². The van der Waals surface area contributed by atoms with Crippen molar-refractivity contribution in [2.75, 3.05) is 12.9 Å². The minimum Gasteiger partial charge on any atom is -0.465 e. The highest BCUT2D eigenvalue weighted by Gasteiger charge is 2.13. The molecule has 4 heteroatoms. The van der Waals surface area contributed by atoms with Crippen molar-refractivity contribution in [1.29, 1.82) is 0 Å². The predicted octanol–water partition coefficient (Wildman–Crippen LogP) is 2.48. The van der Waals surface area contributed by atoms with Crippen LogP contribution in [0.4, 0.5) is 0 Å². The Bertz CT molecular complexity index is 462. The molecule has 0 saturated heterocycles. The first kappa shape index (κ1) is 11.0. The maximum Gasteiger partial charge on any atom is 0.337 e. The summed E-state index contributed by atoms with van der Waals surface area (Å²) >= 11 is 1.63. The third kappa shape index (κ3) is 2.17. The average Bonchev–Trinajstić information content (AvgIpc) is 2.75. The monoisotopic (exact) mass is 233 g/mol. The van der Waals surface area contributed by atoms with Gasteiger partial charge < -0.3 is 4.74 Å². The molecule has 0 unspecified atom stereocenters. The molecule has 0 radical (unpaired) electrons. The van der Waals surface area contributed by atoms with Gasteiger partial charge in [-0.2, -0.15) is 0 Å². The van der Waals surface area contributed by atoms with E-state index in [9.17, 15) is 4.79 Å². The van der Waals surface area contributed by atoms with Gasteiger partial charge in [0.05, 0.1) is 23.4 Å². The topological polar surface area (TPSA) is 38.7 Å². The van der Waals surface area contributed by atoms with E-state index in [-0.39, 0.29) is 5.97 Å². The van der Waals surface area contributed by atoms with Gasteiger partial charge in [-0.15, -0.1) is 11.8 Å². The zero-order valence-corrected chi connectivity index (χ0v) is 9.71. The van der Waals surface area contributed by atoms with Crippen LogP contribution in [0.2, 0.25) is 0 Å². The highest BCUT2D eigenvalue weighted by molar-refractivity contribution is 8.04. The maximum absolute atomic E-state index is 11.2. The summed E-state index contributed by atoms with van der Waals surface area (Å²) in [6.45, 7) is 3.79. The van der Waals surface area contributed by atoms with Crippen molar-refractivity contribution in [1.82, 2.24) is 0 Å². The number of thioether (sulfide) groups is 1. The quantitative estimate of drug-likeness (QED) is 0.737. The van der Waals surface area contributed by atoms with E-state index in [1.165, 1.54) is 7.11 Å². The molecule has 0 aliphatic carbocycles. The third-order valence-corrected chi connectivity index (χ3v) is 3.12. The Morgan fingerprint density at radius 1 is 1.44 bits per heavy atom. The van der Waals surface area contributed by atoms with Crippen LogP contribution in [0.3, 0.4) is 0 Å². The molecule has 2 rings (SSSR count). The molecule has 82 valence electrons. The van der Waals surface area contributed by atoms with E-state index in [1.54, 1.807) is 23.9 Å². The number of aliphatic imine (C=N–C) groups is 1. The molecule has 1 heterocycles. The normalized spacial score (nSPS) is 14.8. The highest BCUT2D eigenvalue weighted by atomic mass is 32.2. The van der Waals surface area contributed by atoms with Crippen LogP contribution in [-0.2, 0) is 4.74 Å². The summed E-state index contributed by atoms with van der Waals surface area (Å²) in [4.78, 5) is 15.5. The van der Waals surface area contributed by atoms with Crippen LogP contribution in [0.1, 0.15) is 15.9 Å². The van der Waals surface area contributed by atoms with Crippen LogP contribution in [0.25, 0.3) is 0 Å². The molecule has 0 atom stereocenters. The zero-order valence-electron chi connectivity index (χ0n) is 8.90. The second-order valence-electron chi connectivity index (χ2n) is 3.31. The number of hydrogen-bond donors (Lipinski definition) is 0. The van der Waals surface area contributed by atoms with Gasteiger partial charge >= 0.3 is 5.97 Å². The second kappa shape index (κ2) is 4.53. The minimum absolute atomic E-state index is 0.321. The second-order valence-corrected chi connectivity index (χ2v) is 4.36. The zero-order chi connectivity index (χ0) is 11.5. The summed E-state index contributed by atoms with van der Waals surface area (Å²) in [5, 5.41) is 0.840. The van der Waals surface area contributed by atoms with Crippen LogP contribution in [0, 0.1) is 0 Å². The fourth-order valence-electron chi connectivity index (χ4n) is 1.43. The molecule has 3 nitrogen and oxygen atoms in total. The van der Waals surface area contributed by atoms with E-state index in [2.05, 4.69) is 16.3 Å². The van der Waals surface area contributed by atoms with E-state index in [1.807, 2.05) is 12.1 Å². The average molecular weight is 233 g/mol. The first-order valence-corrected chi connectivity index (χ1v) is 5.77. The number of esters is 1. The Morgan fingerprint density at radius 2 is 2.12 bits per heavy atom. The molecule has 1 aliphatic heterocycles. The number of rotatable bonds is 2. The van der Waals surface area contributed by atoms with Crippen LogP contribution < -0.4 is 0 Å². The summed E-state index contributed by atoms with van der Waals surface area (Å²) in [6, 6.07) is 7.25. The summed E-state index contributed by atoms with van der Waals surface area (Å²) in [6.07, 6.45) is 0. The number of hydrogen-bond acceptors (Lipinski definition) is 4. The van der Waals surface area contributed by atoms with Crippen molar-refractivity contribution in [3.05, 3.63) is 47.0 Å². The lowest BCUT2D eigenvalue weighted by Gasteiger charge is -2.01. The molecule has 0 bridgehead atoms. The number of methoxy groups -OCH3 is 1. The van der Waals surface area contributed by atoms with E-state index in [0.717, 1.165) is 22.1 Å². The number of benzene rings is 1. The Hall–Kier alpha value is -1.55. The summed E-state index contributed by atoms with van der Waals surface area (Å²) in [7, 11) is 1.37. The van der Waals surface area contributed by atoms with Crippen LogP contribution in [0.5, 0.6) is 0 Å². The number of carbonyl (C=O) groups is 1. The third-order valence-electron chi connectivity index (χ3n) is 2.27. The number of nitrogens with zero attached hydrogens (tertiary/aromatic N) is 1. The standard InChI is InChI=1S/C12H11NO2S/c1-8-13-11(7-16-8)9-3-5-10(6-4-9)12(14)15-2/h3-6H,1,7H2,2H3. The van der Waals surface area contributed by atoms with Crippen LogP contribution in [0.15, 0.2) is 40.9 Å². The molecular formula is C12H11NO2S. The van der Waals surface area contributed by atoms with Crippen LogP contribution in [-0.4, -0.2) is 24.5 Å². The number of ether oxygens (including phenoxy) is 1. The van der Waals surface area contributed by atoms with Gasteiger partial charge in [0.25, 0.3) is 0 Å². The lowest BCUT2D eigenvalue weighted by atomic mass is 10.1. The van der Waals surface area contributed by atoms with Crippen molar-refractivity contribution >= 4 is 23.4 Å². The van der Waals surface area contributed by atoms with Gasteiger partial charge in [-0.05, 0) is 17.7 Å². The van der Waals surface area contributed by atoms with Crippen molar-refractivity contribution in [2.45, 2.75) is 0 Å². The smallest absolute Gasteiger partial charge is 0.337 e. The fourth-order valence-corrected chi connectivity index (χ4v) is 2.14. The Balaban J connectivity index is 2.23. The van der Waals surface area contributed by atoms with Crippen LogP contribution >= 0.6 is 11.8 Å². The molecule has 1 aromatic carbocycles.